The molecule has 1 aliphatic heterocycles. The van der Waals surface area contributed by atoms with Gasteiger partial charge in [0.15, 0.2) is 0 Å². The Hall–Kier alpha value is -1.85. The summed E-state index contributed by atoms with van der Waals surface area (Å²) in [7, 11) is 0. The topological polar surface area (TPSA) is 78.1 Å². The van der Waals surface area contributed by atoms with E-state index >= 15 is 0 Å². The number of hydrogen-bond donors (Lipinski definition) is 2. The Morgan fingerprint density at radius 3 is 3.00 bits per heavy atom. The standard InChI is InChI=1S/C14H22N4O2/c1-10(2)18-9-11(8-13(18)19)14(20)17-5-3-4-12-15-6-7-16-12/h6-7,10-11H,3-5,8-9H2,1-2H3,(H,15,16)(H,17,20). The Morgan fingerprint density at radius 2 is 2.40 bits per heavy atom. The Morgan fingerprint density at radius 1 is 1.60 bits per heavy atom. The Kier molecular flexibility index (Phi) is 4.76. The lowest BCUT2D eigenvalue weighted by atomic mass is 10.1. The van der Waals surface area contributed by atoms with Crippen molar-refractivity contribution in [3.63, 3.8) is 0 Å². The fourth-order valence-electron chi connectivity index (χ4n) is 2.45. The van der Waals surface area contributed by atoms with E-state index in [0.717, 1.165) is 18.7 Å². The summed E-state index contributed by atoms with van der Waals surface area (Å²) in [6, 6.07) is 0.166. The van der Waals surface area contributed by atoms with E-state index in [1.165, 1.54) is 0 Å². The van der Waals surface area contributed by atoms with Crippen molar-refractivity contribution in [2.24, 2.45) is 5.92 Å². The average Bonchev–Trinajstić information content (AvgIpc) is 3.03. The Labute approximate surface area is 119 Å². The zero-order valence-corrected chi connectivity index (χ0v) is 12.1. The van der Waals surface area contributed by atoms with Crippen molar-refractivity contribution in [3.05, 3.63) is 18.2 Å². The van der Waals surface area contributed by atoms with Crippen molar-refractivity contribution < 1.29 is 9.59 Å². The van der Waals surface area contributed by atoms with Crippen molar-refractivity contribution in [1.29, 1.82) is 0 Å². The van der Waals surface area contributed by atoms with Gasteiger partial charge in [0.25, 0.3) is 0 Å². The summed E-state index contributed by atoms with van der Waals surface area (Å²) >= 11 is 0. The zero-order valence-electron chi connectivity index (χ0n) is 12.1. The van der Waals surface area contributed by atoms with Crippen molar-refractivity contribution in [2.45, 2.75) is 39.2 Å². The van der Waals surface area contributed by atoms with Crippen LogP contribution in [0.25, 0.3) is 0 Å². The highest BCUT2D eigenvalue weighted by atomic mass is 16.2. The zero-order chi connectivity index (χ0) is 14.5. The van der Waals surface area contributed by atoms with E-state index < -0.39 is 0 Å². The van der Waals surface area contributed by atoms with E-state index in [1.807, 2.05) is 13.8 Å². The van der Waals surface area contributed by atoms with Crippen LogP contribution in [0.5, 0.6) is 0 Å². The molecule has 0 bridgehead atoms. The third-order valence-electron chi connectivity index (χ3n) is 3.60. The van der Waals surface area contributed by atoms with E-state index in [9.17, 15) is 9.59 Å². The maximum absolute atomic E-state index is 12.0. The number of nitrogens with one attached hydrogen (secondary N) is 2. The molecule has 2 heterocycles. The van der Waals surface area contributed by atoms with Gasteiger partial charge in [0, 0.05) is 44.4 Å². The quantitative estimate of drug-likeness (QED) is 0.752. The average molecular weight is 278 g/mol. The Bertz CT molecular complexity index is 456. The van der Waals surface area contributed by atoms with Crippen molar-refractivity contribution in [2.75, 3.05) is 13.1 Å². The molecule has 20 heavy (non-hydrogen) atoms. The van der Waals surface area contributed by atoms with Crippen LogP contribution in [-0.4, -0.2) is 45.8 Å². The van der Waals surface area contributed by atoms with Crippen LogP contribution in [0.4, 0.5) is 0 Å². The first-order chi connectivity index (χ1) is 9.58. The van der Waals surface area contributed by atoms with Crippen LogP contribution in [0.3, 0.4) is 0 Å². The molecule has 0 saturated carbocycles. The highest BCUT2D eigenvalue weighted by Gasteiger charge is 2.35. The van der Waals surface area contributed by atoms with Crippen LogP contribution in [0, 0.1) is 5.92 Å². The number of rotatable bonds is 6. The maximum Gasteiger partial charge on any atom is 0.225 e. The van der Waals surface area contributed by atoms with E-state index in [2.05, 4.69) is 15.3 Å². The minimum Gasteiger partial charge on any atom is -0.356 e. The van der Waals surface area contributed by atoms with E-state index in [1.54, 1.807) is 17.3 Å². The van der Waals surface area contributed by atoms with Gasteiger partial charge in [-0.15, -0.1) is 0 Å². The highest BCUT2D eigenvalue weighted by molar-refractivity contribution is 5.89. The molecule has 0 spiro atoms. The van der Waals surface area contributed by atoms with Crippen LogP contribution in [-0.2, 0) is 16.0 Å². The molecule has 1 atom stereocenters. The molecule has 6 nitrogen and oxygen atoms in total. The fraction of sp³-hybridized carbons (Fsp3) is 0.643. The summed E-state index contributed by atoms with van der Waals surface area (Å²) in [6.07, 6.45) is 5.50. The molecule has 6 heteroatoms. The van der Waals surface area contributed by atoms with Crippen LogP contribution in [0.15, 0.2) is 12.4 Å². The molecule has 2 rings (SSSR count). The second-order valence-corrected chi connectivity index (χ2v) is 5.47. The van der Waals surface area contributed by atoms with E-state index in [4.69, 9.17) is 0 Å². The van der Waals surface area contributed by atoms with Crippen LogP contribution >= 0.6 is 0 Å². The van der Waals surface area contributed by atoms with Gasteiger partial charge < -0.3 is 15.2 Å². The third-order valence-corrected chi connectivity index (χ3v) is 3.60. The number of likely N-dealkylation sites (tertiary alicyclic amines) is 1. The fourth-order valence-corrected chi connectivity index (χ4v) is 2.45. The van der Waals surface area contributed by atoms with Crippen LogP contribution in [0.2, 0.25) is 0 Å². The number of imidazole rings is 1. The van der Waals surface area contributed by atoms with Crippen molar-refractivity contribution in [1.82, 2.24) is 20.2 Å². The first-order valence-corrected chi connectivity index (χ1v) is 7.13. The first kappa shape index (κ1) is 14.6. The van der Waals surface area contributed by atoms with E-state index in [0.29, 0.717) is 19.5 Å². The van der Waals surface area contributed by atoms with Gasteiger partial charge in [-0.25, -0.2) is 4.98 Å². The molecule has 2 N–H and O–H groups in total. The predicted octanol–water partition coefficient (Wildman–Crippen LogP) is 0.715. The summed E-state index contributed by atoms with van der Waals surface area (Å²) in [5.41, 5.74) is 0. The number of aromatic amines is 1. The summed E-state index contributed by atoms with van der Waals surface area (Å²) in [6.45, 7) is 5.11. The minimum atomic E-state index is -0.200. The number of aromatic nitrogens is 2. The van der Waals surface area contributed by atoms with Crippen LogP contribution in [0.1, 0.15) is 32.5 Å². The van der Waals surface area contributed by atoms with Gasteiger partial charge in [-0.3, -0.25) is 9.59 Å². The molecular formula is C14H22N4O2. The van der Waals surface area contributed by atoms with Gasteiger partial charge in [0.2, 0.25) is 11.8 Å². The SMILES string of the molecule is CC(C)N1CC(C(=O)NCCCc2ncc[nH]2)CC1=O. The number of H-pyrrole nitrogens is 1. The molecule has 1 aliphatic rings. The molecule has 0 aromatic carbocycles. The van der Waals surface area contributed by atoms with Gasteiger partial charge >= 0.3 is 0 Å². The summed E-state index contributed by atoms with van der Waals surface area (Å²) < 4.78 is 0. The summed E-state index contributed by atoms with van der Waals surface area (Å²) in [5.74, 6) is 0.798. The highest BCUT2D eigenvalue weighted by Crippen LogP contribution is 2.20. The van der Waals surface area contributed by atoms with Gasteiger partial charge in [-0.1, -0.05) is 0 Å². The number of aryl methyl sites for hydroxylation is 1. The maximum atomic E-state index is 12.0. The molecule has 110 valence electrons. The first-order valence-electron chi connectivity index (χ1n) is 7.13. The number of carbonyl (C=O) groups excluding carboxylic acids is 2. The van der Waals surface area contributed by atoms with Crippen molar-refractivity contribution >= 4 is 11.8 Å². The Balaban J connectivity index is 1.69. The van der Waals surface area contributed by atoms with Gasteiger partial charge in [-0.05, 0) is 20.3 Å². The molecule has 1 fully saturated rings. The molecule has 1 aromatic rings. The number of hydrogen-bond acceptors (Lipinski definition) is 3. The lowest BCUT2D eigenvalue weighted by molar-refractivity contribution is -0.129. The second-order valence-electron chi connectivity index (χ2n) is 5.47. The largest absolute Gasteiger partial charge is 0.356 e. The smallest absolute Gasteiger partial charge is 0.225 e. The normalized spacial score (nSPS) is 18.9. The summed E-state index contributed by atoms with van der Waals surface area (Å²) in [5, 5.41) is 2.91. The molecule has 1 aromatic heterocycles. The predicted molar refractivity (Wildman–Crippen MR) is 74.9 cm³/mol. The van der Waals surface area contributed by atoms with Gasteiger partial charge in [0.05, 0.1) is 5.92 Å². The van der Waals surface area contributed by atoms with Crippen molar-refractivity contribution in [3.8, 4) is 0 Å². The number of carbonyl (C=O) groups is 2. The molecular weight excluding hydrogens is 256 g/mol. The van der Waals surface area contributed by atoms with Gasteiger partial charge in [-0.2, -0.15) is 0 Å². The molecule has 1 saturated heterocycles. The lowest BCUT2D eigenvalue weighted by Gasteiger charge is -2.20. The monoisotopic (exact) mass is 278 g/mol. The minimum absolute atomic E-state index is 0.0130. The molecule has 0 radical (unpaired) electrons. The molecule has 0 aliphatic carbocycles. The number of nitrogens with zero attached hydrogens (tertiary/aromatic N) is 2. The van der Waals surface area contributed by atoms with E-state index in [-0.39, 0.29) is 23.8 Å². The molecule has 1 unspecified atom stereocenters. The summed E-state index contributed by atoms with van der Waals surface area (Å²) in [4.78, 5) is 32.7. The second kappa shape index (κ2) is 6.54. The number of amides is 2. The molecule has 2 amide bonds. The lowest BCUT2D eigenvalue weighted by Crippen LogP contribution is -2.35. The third kappa shape index (κ3) is 3.59. The van der Waals surface area contributed by atoms with Gasteiger partial charge in [0.1, 0.15) is 5.82 Å². The van der Waals surface area contributed by atoms with Crippen LogP contribution < -0.4 is 5.32 Å².